The third kappa shape index (κ3) is 3.54. The fourth-order valence-electron chi connectivity index (χ4n) is 6.42. The molecule has 3 aliphatic rings. The number of nitrogens with one attached hydrogen (secondary N) is 2. The number of carbonyl (C=O) groups is 3. The molecule has 2 aromatic rings. The van der Waals surface area contributed by atoms with Gasteiger partial charge in [0.25, 0.3) is 0 Å². The number of amides is 3. The van der Waals surface area contributed by atoms with Gasteiger partial charge in [-0.2, -0.15) is 0 Å². The van der Waals surface area contributed by atoms with E-state index in [9.17, 15) is 19.5 Å². The Morgan fingerprint density at radius 1 is 1.03 bits per heavy atom. The summed E-state index contributed by atoms with van der Waals surface area (Å²) < 4.78 is 6.56. The number of ether oxygens (including phenoxy) is 1. The van der Waals surface area contributed by atoms with Crippen molar-refractivity contribution in [3.8, 4) is 0 Å². The summed E-state index contributed by atoms with van der Waals surface area (Å²) in [5.74, 6) is -2.52. The van der Waals surface area contributed by atoms with Crippen molar-refractivity contribution < 1.29 is 24.2 Å². The first kappa shape index (κ1) is 23.5. The number of carbonyl (C=O) groups excluding carboxylic acids is 3. The topological polar surface area (TPSA) is 108 Å². The molecule has 0 aliphatic carbocycles. The molecule has 184 valence electrons. The number of hydrogen-bond donors (Lipinski definition) is 3. The van der Waals surface area contributed by atoms with Gasteiger partial charge in [0.1, 0.15) is 11.6 Å². The van der Waals surface area contributed by atoms with E-state index in [2.05, 4.69) is 10.6 Å². The summed E-state index contributed by atoms with van der Waals surface area (Å²) in [6, 6.07) is 13.9. The number of aliphatic hydroxyl groups is 1. The molecule has 3 heterocycles. The van der Waals surface area contributed by atoms with Crippen LogP contribution in [0.4, 0.5) is 11.4 Å². The summed E-state index contributed by atoms with van der Waals surface area (Å²) >= 11 is 0. The van der Waals surface area contributed by atoms with Crippen LogP contribution in [-0.2, 0) is 19.1 Å². The van der Waals surface area contributed by atoms with Gasteiger partial charge >= 0.3 is 0 Å². The van der Waals surface area contributed by atoms with Crippen LogP contribution in [0.1, 0.15) is 30.9 Å². The predicted octanol–water partition coefficient (Wildman–Crippen LogP) is 2.64. The molecular weight excluding hydrogens is 446 g/mol. The monoisotopic (exact) mass is 477 g/mol. The zero-order valence-corrected chi connectivity index (χ0v) is 20.2. The average Bonchev–Trinajstić information content (AvgIpc) is 3.38. The Morgan fingerprint density at radius 3 is 2.37 bits per heavy atom. The molecule has 3 aliphatic heterocycles. The number of para-hydroxylation sites is 2. The molecule has 3 N–H and O–H groups in total. The predicted molar refractivity (Wildman–Crippen MR) is 131 cm³/mol. The molecule has 3 fully saturated rings. The molecule has 1 spiro atoms. The van der Waals surface area contributed by atoms with Crippen molar-refractivity contribution in [2.75, 3.05) is 23.8 Å². The van der Waals surface area contributed by atoms with E-state index in [4.69, 9.17) is 4.74 Å². The maximum atomic E-state index is 13.8. The van der Waals surface area contributed by atoms with Crippen LogP contribution in [0.15, 0.2) is 48.5 Å². The number of hydrogen-bond acceptors (Lipinski definition) is 5. The van der Waals surface area contributed by atoms with Crippen molar-refractivity contribution in [2.24, 2.45) is 11.8 Å². The number of aryl methyl sites for hydroxylation is 2. The van der Waals surface area contributed by atoms with E-state index >= 15 is 0 Å². The lowest BCUT2D eigenvalue weighted by atomic mass is 9.66. The van der Waals surface area contributed by atoms with E-state index in [-0.39, 0.29) is 30.9 Å². The number of rotatable bonds is 6. The number of nitrogens with zero attached hydrogens (tertiary/aromatic N) is 1. The first-order valence-electron chi connectivity index (χ1n) is 12.1. The first-order valence-corrected chi connectivity index (χ1v) is 12.1. The van der Waals surface area contributed by atoms with Crippen LogP contribution < -0.4 is 10.6 Å². The Morgan fingerprint density at radius 2 is 1.71 bits per heavy atom. The van der Waals surface area contributed by atoms with Crippen LogP contribution in [-0.4, -0.2) is 58.1 Å². The molecule has 2 bridgehead atoms. The van der Waals surface area contributed by atoms with Crippen LogP contribution in [0.25, 0.3) is 0 Å². The van der Waals surface area contributed by atoms with Crippen LogP contribution in [0.2, 0.25) is 0 Å². The second-order valence-electron chi connectivity index (χ2n) is 10.1. The van der Waals surface area contributed by atoms with Crippen LogP contribution >= 0.6 is 0 Å². The third-order valence-electron chi connectivity index (χ3n) is 7.92. The van der Waals surface area contributed by atoms with E-state index in [1.54, 1.807) is 12.1 Å². The summed E-state index contributed by atoms with van der Waals surface area (Å²) in [4.78, 5) is 42.4. The van der Waals surface area contributed by atoms with Gasteiger partial charge < -0.3 is 25.4 Å². The molecule has 0 saturated carbocycles. The third-order valence-corrected chi connectivity index (χ3v) is 7.92. The Balaban J connectivity index is 1.51. The molecule has 5 rings (SSSR count). The lowest BCUT2D eigenvalue weighted by Crippen LogP contribution is -2.53. The molecule has 2 aromatic carbocycles. The molecule has 8 nitrogen and oxygen atoms in total. The fourth-order valence-corrected chi connectivity index (χ4v) is 6.42. The molecule has 8 heteroatoms. The van der Waals surface area contributed by atoms with Gasteiger partial charge in [-0.1, -0.05) is 36.4 Å². The maximum Gasteiger partial charge on any atom is 0.250 e. The van der Waals surface area contributed by atoms with Gasteiger partial charge in [0.15, 0.2) is 0 Å². The minimum Gasteiger partial charge on any atom is -0.395 e. The minimum atomic E-state index is -1.12. The van der Waals surface area contributed by atoms with Crippen LogP contribution in [0.3, 0.4) is 0 Å². The summed E-state index contributed by atoms with van der Waals surface area (Å²) in [6.45, 7) is 5.39. The highest BCUT2D eigenvalue weighted by Gasteiger charge is 2.77. The highest BCUT2D eigenvalue weighted by molar-refractivity contribution is 6.05. The van der Waals surface area contributed by atoms with Gasteiger partial charge in [-0.05, 0) is 56.9 Å². The van der Waals surface area contributed by atoms with Gasteiger partial charge in [-0.3, -0.25) is 14.4 Å². The SMILES string of the molecule is Cc1cccc(C)c1NC(=O)C1N(CCO)C(=O)[C@@H]2[C@H](C(=O)Nc3ccccc3)[C@]3(C)CCC12O3. The van der Waals surface area contributed by atoms with Gasteiger partial charge in [-0.15, -0.1) is 0 Å². The Kier molecular flexibility index (Phi) is 5.68. The number of aliphatic hydroxyl groups excluding tert-OH is 1. The van der Waals surface area contributed by atoms with Crippen molar-refractivity contribution in [1.82, 2.24) is 4.90 Å². The summed E-state index contributed by atoms with van der Waals surface area (Å²) in [5.41, 5.74) is 1.18. The van der Waals surface area contributed by atoms with Gasteiger partial charge in [0, 0.05) is 17.9 Å². The van der Waals surface area contributed by atoms with Gasteiger partial charge in [0.2, 0.25) is 17.7 Å². The zero-order chi connectivity index (χ0) is 25.0. The fraction of sp³-hybridized carbons (Fsp3) is 0.444. The number of benzene rings is 2. The molecule has 0 aromatic heterocycles. The maximum absolute atomic E-state index is 13.8. The van der Waals surface area contributed by atoms with Crippen molar-refractivity contribution >= 4 is 29.1 Å². The molecule has 35 heavy (non-hydrogen) atoms. The van der Waals surface area contributed by atoms with E-state index < -0.39 is 29.1 Å². The zero-order valence-electron chi connectivity index (χ0n) is 20.2. The molecule has 3 amide bonds. The lowest BCUT2D eigenvalue weighted by molar-refractivity contribution is -0.143. The second-order valence-corrected chi connectivity index (χ2v) is 10.1. The first-order chi connectivity index (χ1) is 16.7. The highest BCUT2D eigenvalue weighted by Crippen LogP contribution is 2.63. The van der Waals surface area contributed by atoms with Crippen LogP contribution in [0, 0.1) is 25.7 Å². The molecule has 0 radical (unpaired) electrons. The average molecular weight is 478 g/mol. The minimum absolute atomic E-state index is 0.00494. The number of β-amino-alcohol motifs (C(OH)–C–C–N with tert-alkyl or cyclic N) is 1. The molecule has 3 saturated heterocycles. The second kappa shape index (κ2) is 8.46. The lowest BCUT2D eigenvalue weighted by Gasteiger charge is -2.33. The van der Waals surface area contributed by atoms with E-state index in [1.807, 2.05) is 57.2 Å². The quantitative estimate of drug-likeness (QED) is 0.593. The number of fused-ring (bicyclic) bond motifs is 1. The summed E-state index contributed by atoms with van der Waals surface area (Å²) in [5, 5.41) is 15.7. The van der Waals surface area contributed by atoms with E-state index in [0.717, 1.165) is 11.1 Å². The Hall–Kier alpha value is -3.23. The summed E-state index contributed by atoms with van der Waals surface area (Å²) in [7, 11) is 0. The number of likely N-dealkylation sites (tertiary alicyclic amines) is 1. The van der Waals surface area contributed by atoms with Crippen molar-refractivity contribution in [3.63, 3.8) is 0 Å². The molecule has 5 atom stereocenters. The Labute approximate surface area is 204 Å². The van der Waals surface area contributed by atoms with Gasteiger partial charge in [-0.25, -0.2) is 0 Å². The van der Waals surface area contributed by atoms with E-state index in [1.165, 1.54) is 4.90 Å². The largest absolute Gasteiger partial charge is 0.395 e. The van der Waals surface area contributed by atoms with Gasteiger partial charge in [0.05, 0.1) is 24.0 Å². The Bertz CT molecular complexity index is 1160. The van der Waals surface area contributed by atoms with Crippen molar-refractivity contribution in [3.05, 3.63) is 59.7 Å². The normalized spacial score (nSPS) is 30.9. The molecular formula is C27H31N3O5. The van der Waals surface area contributed by atoms with Crippen molar-refractivity contribution in [1.29, 1.82) is 0 Å². The standard InChI is InChI=1S/C27H31N3O5/c1-16-8-7-9-17(2)21(16)29-24(33)22-27-13-12-26(3,35-27)19(20(27)25(34)30(22)14-15-31)23(32)28-18-10-5-4-6-11-18/h4-11,19-20,22,31H,12-15H2,1-3H3,(H,28,32)(H,29,33)/t19-,20+,22?,26+,27?/m1/s1. The van der Waals surface area contributed by atoms with Crippen LogP contribution in [0.5, 0.6) is 0 Å². The number of anilines is 2. The van der Waals surface area contributed by atoms with E-state index in [0.29, 0.717) is 24.2 Å². The summed E-state index contributed by atoms with van der Waals surface area (Å²) in [6.07, 6.45) is 1.05. The smallest absolute Gasteiger partial charge is 0.250 e. The van der Waals surface area contributed by atoms with Crippen molar-refractivity contribution in [2.45, 2.75) is 50.9 Å². The highest BCUT2D eigenvalue weighted by atomic mass is 16.5. The molecule has 2 unspecified atom stereocenters.